The predicted molar refractivity (Wildman–Crippen MR) is 67.8 cm³/mol. The van der Waals surface area contributed by atoms with Crippen molar-refractivity contribution >= 4 is 34.8 Å². The molecule has 3 amide bonds. The van der Waals surface area contributed by atoms with Gasteiger partial charge in [0.25, 0.3) is 0 Å². The fourth-order valence-corrected chi connectivity index (χ4v) is 1.44. The van der Waals surface area contributed by atoms with Gasteiger partial charge in [0.05, 0.1) is 5.25 Å². The summed E-state index contributed by atoms with van der Waals surface area (Å²) in [6.45, 7) is 3.69. The average molecular weight is 260 g/mol. The van der Waals surface area contributed by atoms with Crippen LogP contribution in [0.25, 0.3) is 0 Å². The van der Waals surface area contributed by atoms with Crippen LogP contribution in [0.4, 0.5) is 4.79 Å². The summed E-state index contributed by atoms with van der Waals surface area (Å²) in [5, 5.41) is 11.0. The standard InChI is InChI=1S/C8H16N6O2S/c1-3-12-8(16)13-5(15)4(2)17-7(11)14-6(9)10/h4H,3H2,1-2H3,(H5,9,10,11,14)(H2,12,13,15,16). The van der Waals surface area contributed by atoms with Gasteiger partial charge in [-0.1, -0.05) is 11.8 Å². The third-order valence-corrected chi connectivity index (χ3v) is 2.34. The summed E-state index contributed by atoms with van der Waals surface area (Å²) < 4.78 is 0. The number of imide groups is 1. The molecule has 0 saturated carbocycles. The summed E-state index contributed by atoms with van der Waals surface area (Å²) in [4.78, 5) is 26.0. The van der Waals surface area contributed by atoms with Crippen molar-refractivity contribution < 1.29 is 9.59 Å². The van der Waals surface area contributed by atoms with Crippen molar-refractivity contribution in [3.8, 4) is 0 Å². The summed E-state index contributed by atoms with van der Waals surface area (Å²) >= 11 is 0.840. The number of amides is 3. The van der Waals surface area contributed by atoms with E-state index in [9.17, 15) is 9.59 Å². The predicted octanol–water partition coefficient (Wildman–Crippen LogP) is -0.838. The average Bonchev–Trinajstić information content (AvgIpc) is 2.15. The van der Waals surface area contributed by atoms with Crippen molar-refractivity contribution in [3.05, 3.63) is 0 Å². The van der Waals surface area contributed by atoms with Gasteiger partial charge in [0, 0.05) is 6.54 Å². The zero-order valence-corrected chi connectivity index (χ0v) is 10.4. The highest BCUT2D eigenvalue weighted by Gasteiger charge is 2.17. The molecule has 0 aromatic heterocycles. The summed E-state index contributed by atoms with van der Waals surface area (Å²) in [7, 11) is 0. The van der Waals surface area contributed by atoms with Gasteiger partial charge in [-0.3, -0.25) is 15.5 Å². The minimum absolute atomic E-state index is 0.191. The van der Waals surface area contributed by atoms with Gasteiger partial charge >= 0.3 is 6.03 Å². The third kappa shape index (κ3) is 7.17. The number of hydrogen-bond acceptors (Lipinski definition) is 4. The molecule has 0 rings (SSSR count). The Morgan fingerprint density at radius 2 is 2.06 bits per heavy atom. The van der Waals surface area contributed by atoms with Gasteiger partial charge in [-0.05, 0) is 13.8 Å². The van der Waals surface area contributed by atoms with Gasteiger partial charge in [0.1, 0.15) is 0 Å². The molecule has 0 bridgehead atoms. The lowest BCUT2D eigenvalue weighted by molar-refractivity contribution is -0.119. The van der Waals surface area contributed by atoms with Gasteiger partial charge in [0.15, 0.2) is 11.1 Å². The highest BCUT2D eigenvalue weighted by Crippen LogP contribution is 2.12. The van der Waals surface area contributed by atoms with E-state index < -0.39 is 17.2 Å². The zero-order chi connectivity index (χ0) is 13.4. The maximum atomic E-state index is 11.4. The van der Waals surface area contributed by atoms with Crippen LogP contribution >= 0.6 is 11.8 Å². The molecule has 0 spiro atoms. The fraction of sp³-hybridized carbons (Fsp3) is 0.500. The van der Waals surface area contributed by atoms with Crippen molar-refractivity contribution in [1.82, 2.24) is 10.6 Å². The zero-order valence-electron chi connectivity index (χ0n) is 9.61. The Hall–Kier alpha value is -1.77. The number of carbonyl (C=O) groups is 2. The molecular formula is C8H16N6O2S. The van der Waals surface area contributed by atoms with E-state index in [0.717, 1.165) is 11.8 Å². The Morgan fingerprint density at radius 1 is 1.47 bits per heavy atom. The van der Waals surface area contributed by atoms with E-state index in [-0.39, 0.29) is 11.1 Å². The van der Waals surface area contributed by atoms with Gasteiger partial charge in [-0.15, -0.1) is 0 Å². The first kappa shape index (κ1) is 15.2. The number of carbonyl (C=O) groups excluding carboxylic acids is 2. The largest absolute Gasteiger partial charge is 0.370 e. The van der Waals surface area contributed by atoms with Gasteiger partial charge in [-0.2, -0.15) is 4.99 Å². The minimum Gasteiger partial charge on any atom is -0.370 e. The van der Waals surface area contributed by atoms with E-state index in [2.05, 4.69) is 15.6 Å². The minimum atomic E-state index is -0.645. The lowest BCUT2D eigenvalue weighted by atomic mass is 10.4. The number of hydrogen-bond donors (Lipinski definition) is 5. The Balaban J connectivity index is 4.19. The number of nitrogens with two attached hydrogens (primary N) is 2. The molecule has 96 valence electrons. The second-order valence-electron chi connectivity index (χ2n) is 2.95. The first-order valence-electron chi connectivity index (χ1n) is 4.80. The molecule has 0 aromatic carbocycles. The maximum Gasteiger partial charge on any atom is 0.321 e. The van der Waals surface area contributed by atoms with Gasteiger partial charge in [-0.25, -0.2) is 4.79 Å². The fourth-order valence-electron chi connectivity index (χ4n) is 0.783. The molecular weight excluding hydrogens is 244 g/mol. The van der Waals surface area contributed by atoms with Crippen LogP contribution in [0.5, 0.6) is 0 Å². The van der Waals surface area contributed by atoms with Crippen LogP contribution in [0, 0.1) is 5.41 Å². The molecule has 0 heterocycles. The molecule has 17 heavy (non-hydrogen) atoms. The molecule has 1 unspecified atom stereocenters. The number of guanidine groups is 1. The number of nitrogens with zero attached hydrogens (tertiary/aromatic N) is 1. The molecule has 0 radical (unpaired) electrons. The number of nitrogens with one attached hydrogen (secondary N) is 3. The number of aliphatic imine (C=N–C) groups is 1. The Morgan fingerprint density at radius 3 is 2.53 bits per heavy atom. The number of rotatable bonds is 3. The van der Waals surface area contributed by atoms with Crippen molar-refractivity contribution in [2.75, 3.05) is 6.54 Å². The van der Waals surface area contributed by atoms with Crippen LogP contribution in [0.2, 0.25) is 0 Å². The Bertz CT molecular complexity index is 339. The van der Waals surface area contributed by atoms with Crippen LogP contribution in [0.3, 0.4) is 0 Å². The molecule has 0 fully saturated rings. The monoisotopic (exact) mass is 260 g/mol. The smallest absolute Gasteiger partial charge is 0.321 e. The molecule has 0 aliphatic rings. The Labute approximate surface area is 103 Å². The second kappa shape index (κ2) is 7.49. The first-order valence-corrected chi connectivity index (χ1v) is 5.68. The number of urea groups is 1. The first-order chi connectivity index (χ1) is 7.86. The van der Waals surface area contributed by atoms with E-state index in [1.54, 1.807) is 6.92 Å². The topological polar surface area (TPSA) is 146 Å². The van der Waals surface area contributed by atoms with E-state index in [1.807, 2.05) is 0 Å². The lowest BCUT2D eigenvalue weighted by Crippen LogP contribution is -2.42. The molecule has 9 heteroatoms. The number of amidine groups is 1. The Kier molecular flexibility index (Phi) is 6.71. The van der Waals surface area contributed by atoms with Crippen LogP contribution in [-0.4, -0.2) is 34.9 Å². The molecule has 0 aromatic rings. The van der Waals surface area contributed by atoms with Crippen molar-refractivity contribution in [2.24, 2.45) is 16.5 Å². The van der Waals surface area contributed by atoms with Crippen LogP contribution < -0.4 is 22.1 Å². The summed E-state index contributed by atoms with van der Waals surface area (Å²) in [5.74, 6) is -0.768. The number of thioether (sulfide) groups is 1. The van der Waals surface area contributed by atoms with Crippen molar-refractivity contribution in [2.45, 2.75) is 19.1 Å². The summed E-state index contributed by atoms with van der Waals surface area (Å²) in [6, 6.07) is -0.571. The highest BCUT2D eigenvalue weighted by atomic mass is 32.2. The van der Waals surface area contributed by atoms with E-state index in [4.69, 9.17) is 16.9 Å². The van der Waals surface area contributed by atoms with Gasteiger partial charge < -0.3 is 16.8 Å². The van der Waals surface area contributed by atoms with Gasteiger partial charge in [0.2, 0.25) is 5.91 Å². The molecule has 0 aliphatic heterocycles. The van der Waals surface area contributed by atoms with Crippen LogP contribution in [-0.2, 0) is 4.79 Å². The van der Waals surface area contributed by atoms with Crippen LogP contribution in [0.1, 0.15) is 13.8 Å². The van der Waals surface area contributed by atoms with Crippen LogP contribution in [0.15, 0.2) is 4.99 Å². The molecule has 1 atom stereocenters. The summed E-state index contributed by atoms with van der Waals surface area (Å²) in [5.41, 5.74) is 10.1. The molecule has 7 N–H and O–H groups in total. The van der Waals surface area contributed by atoms with Crippen molar-refractivity contribution in [1.29, 1.82) is 5.41 Å². The second-order valence-corrected chi connectivity index (χ2v) is 4.28. The van der Waals surface area contributed by atoms with E-state index in [0.29, 0.717) is 6.54 Å². The van der Waals surface area contributed by atoms with Crippen molar-refractivity contribution in [3.63, 3.8) is 0 Å². The third-order valence-electron chi connectivity index (χ3n) is 1.46. The van der Waals surface area contributed by atoms with E-state index in [1.165, 1.54) is 6.92 Å². The molecule has 0 saturated heterocycles. The highest BCUT2D eigenvalue weighted by molar-refractivity contribution is 8.14. The normalized spacial score (nSPS) is 11.2. The maximum absolute atomic E-state index is 11.4. The lowest BCUT2D eigenvalue weighted by Gasteiger charge is -2.10. The quantitative estimate of drug-likeness (QED) is 0.331. The molecule has 8 nitrogen and oxygen atoms in total. The SMILES string of the molecule is CCNC(=O)NC(=O)C(C)SC(=N)N=C(N)N. The summed E-state index contributed by atoms with van der Waals surface area (Å²) in [6.07, 6.45) is 0. The van der Waals surface area contributed by atoms with E-state index >= 15 is 0 Å². The molecule has 0 aliphatic carbocycles.